The highest BCUT2D eigenvalue weighted by atomic mass is 32.2. The summed E-state index contributed by atoms with van der Waals surface area (Å²) >= 11 is 1.40. The second kappa shape index (κ2) is 10.5. The lowest BCUT2D eigenvalue weighted by Gasteiger charge is -2.22. The number of carbonyl (C=O) groups excluding carboxylic acids is 1. The number of nitrogens with one attached hydrogen (secondary N) is 1. The second-order valence-electron chi connectivity index (χ2n) is 8.34. The Labute approximate surface area is 214 Å². The van der Waals surface area contributed by atoms with Gasteiger partial charge in [-0.1, -0.05) is 78.5 Å². The normalized spacial score (nSPS) is 12.8. The number of thioether (sulfide) groups is 1. The van der Waals surface area contributed by atoms with E-state index in [4.69, 9.17) is 0 Å². The third-order valence-electron chi connectivity index (χ3n) is 5.89. The van der Waals surface area contributed by atoms with E-state index in [0.717, 1.165) is 38.0 Å². The van der Waals surface area contributed by atoms with Crippen molar-refractivity contribution >= 4 is 40.7 Å². The number of amides is 1. The van der Waals surface area contributed by atoms with Gasteiger partial charge in [-0.25, -0.2) is 0 Å². The summed E-state index contributed by atoms with van der Waals surface area (Å²) in [6.45, 7) is 0.315. The second-order valence-corrected chi connectivity index (χ2v) is 9.51. The fraction of sp³-hybridized carbons (Fsp3) is 0.0667. The van der Waals surface area contributed by atoms with Crippen molar-refractivity contribution in [3.8, 4) is 11.1 Å². The van der Waals surface area contributed by atoms with Crippen LogP contribution in [0.15, 0.2) is 119 Å². The van der Waals surface area contributed by atoms with Crippen molar-refractivity contribution in [1.82, 2.24) is 0 Å². The van der Waals surface area contributed by atoms with Crippen LogP contribution >= 0.6 is 11.8 Å². The van der Waals surface area contributed by atoms with Crippen LogP contribution in [0.25, 0.3) is 11.1 Å². The van der Waals surface area contributed by atoms with E-state index >= 15 is 0 Å². The number of rotatable bonds is 6. The first-order valence-electron chi connectivity index (χ1n) is 11.6. The lowest BCUT2D eigenvalue weighted by molar-refractivity contribution is -0.136. The maximum Gasteiger partial charge on any atom is 0.308 e. The van der Waals surface area contributed by atoms with Crippen molar-refractivity contribution in [1.29, 1.82) is 0 Å². The molecule has 0 saturated heterocycles. The van der Waals surface area contributed by atoms with E-state index in [2.05, 4.69) is 23.5 Å². The van der Waals surface area contributed by atoms with Crippen LogP contribution in [0.3, 0.4) is 0 Å². The van der Waals surface area contributed by atoms with Crippen LogP contribution in [0.4, 0.5) is 17.1 Å². The van der Waals surface area contributed by atoms with Crippen molar-refractivity contribution in [3.63, 3.8) is 0 Å². The number of carbonyl (C=O) groups is 2. The predicted octanol–water partition coefficient (Wildman–Crippen LogP) is 7.21. The number of nitrogens with zero attached hydrogens (tertiary/aromatic N) is 1. The summed E-state index contributed by atoms with van der Waals surface area (Å²) in [5.41, 5.74) is 5.43. The van der Waals surface area contributed by atoms with Crippen molar-refractivity contribution in [2.45, 2.75) is 11.3 Å². The van der Waals surface area contributed by atoms with Crippen LogP contribution in [-0.4, -0.2) is 23.5 Å². The number of hydrogen-bond acceptors (Lipinski definition) is 4. The zero-order valence-corrected chi connectivity index (χ0v) is 20.2. The maximum atomic E-state index is 13.5. The van der Waals surface area contributed by atoms with Gasteiger partial charge >= 0.3 is 5.97 Å². The largest absolute Gasteiger partial charge is 0.481 e. The lowest BCUT2D eigenvalue weighted by atomic mass is 10.0. The Morgan fingerprint density at radius 3 is 2.31 bits per heavy atom. The number of carboxylic acid groups (broad SMARTS) is 1. The number of hydrogen-bond donors (Lipinski definition) is 2. The number of aliphatic carboxylic acids is 1. The highest BCUT2D eigenvalue weighted by molar-refractivity contribution is 8.03. The molecule has 1 amide bonds. The molecule has 0 bridgehead atoms. The van der Waals surface area contributed by atoms with Gasteiger partial charge in [-0.3, -0.25) is 9.59 Å². The summed E-state index contributed by atoms with van der Waals surface area (Å²) in [7, 11) is 0. The SMILES string of the molecule is O=C(O)CC1=CCN(C(=O)c2ccc(Nc3ccccc3-c3ccccc3)cc2)c2ccccc2S1. The van der Waals surface area contributed by atoms with Crippen molar-refractivity contribution in [2.24, 2.45) is 0 Å². The Hall–Kier alpha value is -4.29. The molecule has 36 heavy (non-hydrogen) atoms. The van der Waals surface area contributed by atoms with Crippen molar-refractivity contribution in [3.05, 3.63) is 120 Å². The van der Waals surface area contributed by atoms with Crippen LogP contribution in [0.5, 0.6) is 0 Å². The molecule has 1 aliphatic rings. The number of para-hydroxylation sites is 2. The van der Waals surface area contributed by atoms with E-state index in [1.54, 1.807) is 4.90 Å². The molecule has 5 nitrogen and oxygen atoms in total. The molecule has 0 fully saturated rings. The standard InChI is InChI=1S/C30H24N2O3S/c33-29(34)20-24-18-19-32(27-12-6-7-13-28(27)36-24)30(35)22-14-16-23(17-15-22)31-26-11-5-4-10-25(26)21-8-2-1-3-9-21/h1-18,31H,19-20H2,(H,33,34). The first kappa shape index (κ1) is 23.5. The van der Waals surface area contributed by atoms with Crippen LogP contribution in [0.1, 0.15) is 16.8 Å². The molecule has 0 aromatic heterocycles. The van der Waals surface area contributed by atoms with Gasteiger partial charge in [0.15, 0.2) is 0 Å². The number of benzene rings is 4. The molecule has 1 heterocycles. The molecule has 178 valence electrons. The summed E-state index contributed by atoms with van der Waals surface area (Å²) in [5, 5.41) is 12.7. The first-order chi connectivity index (χ1) is 17.6. The molecule has 4 aromatic rings. The lowest BCUT2D eigenvalue weighted by Crippen LogP contribution is -2.31. The Bertz CT molecular complexity index is 1430. The Morgan fingerprint density at radius 1 is 0.833 bits per heavy atom. The molecular formula is C30H24N2O3S. The minimum atomic E-state index is -0.886. The predicted molar refractivity (Wildman–Crippen MR) is 146 cm³/mol. The molecule has 0 aliphatic carbocycles. The third-order valence-corrected chi connectivity index (χ3v) is 7.03. The molecule has 2 N–H and O–H groups in total. The van der Waals surface area contributed by atoms with Crippen LogP contribution in [0, 0.1) is 0 Å². The van der Waals surface area contributed by atoms with Gasteiger partial charge in [0, 0.05) is 33.9 Å². The summed E-state index contributed by atoms with van der Waals surface area (Å²) in [4.78, 5) is 28.0. The summed E-state index contributed by atoms with van der Waals surface area (Å²) in [5.74, 6) is -1.02. The van der Waals surface area contributed by atoms with E-state index in [-0.39, 0.29) is 12.3 Å². The van der Waals surface area contributed by atoms with E-state index < -0.39 is 5.97 Å². The third kappa shape index (κ3) is 5.19. The minimum Gasteiger partial charge on any atom is -0.481 e. The van der Waals surface area contributed by atoms with Gasteiger partial charge in [-0.15, -0.1) is 0 Å². The topological polar surface area (TPSA) is 69.6 Å². The molecule has 0 radical (unpaired) electrons. The molecule has 0 saturated carbocycles. The van der Waals surface area contributed by atoms with Gasteiger partial charge in [-0.05, 0) is 52.9 Å². The Kier molecular flexibility index (Phi) is 6.87. The molecule has 0 spiro atoms. The number of anilines is 3. The highest BCUT2D eigenvalue weighted by Gasteiger charge is 2.23. The van der Waals surface area contributed by atoms with Gasteiger partial charge in [0.1, 0.15) is 0 Å². The van der Waals surface area contributed by atoms with E-state index in [0.29, 0.717) is 12.1 Å². The molecule has 0 atom stereocenters. The van der Waals surface area contributed by atoms with E-state index in [1.165, 1.54) is 11.8 Å². The minimum absolute atomic E-state index is 0.0636. The smallest absolute Gasteiger partial charge is 0.308 e. The van der Waals surface area contributed by atoms with Crippen LogP contribution in [0.2, 0.25) is 0 Å². The summed E-state index contributed by atoms with van der Waals surface area (Å²) in [6, 6.07) is 33.4. The van der Waals surface area contributed by atoms with Gasteiger partial charge in [0.2, 0.25) is 0 Å². The Balaban J connectivity index is 1.38. The number of fused-ring (bicyclic) bond motifs is 1. The fourth-order valence-electron chi connectivity index (χ4n) is 4.16. The summed E-state index contributed by atoms with van der Waals surface area (Å²) < 4.78 is 0. The zero-order valence-electron chi connectivity index (χ0n) is 19.4. The van der Waals surface area contributed by atoms with Crippen LogP contribution < -0.4 is 10.2 Å². The molecular weight excluding hydrogens is 468 g/mol. The van der Waals surface area contributed by atoms with Gasteiger partial charge in [0.25, 0.3) is 5.91 Å². The van der Waals surface area contributed by atoms with Gasteiger partial charge in [-0.2, -0.15) is 0 Å². The van der Waals surface area contributed by atoms with Gasteiger partial charge in [0.05, 0.1) is 12.1 Å². The number of carboxylic acids is 1. The van der Waals surface area contributed by atoms with Crippen molar-refractivity contribution < 1.29 is 14.7 Å². The zero-order chi connectivity index (χ0) is 24.9. The highest BCUT2D eigenvalue weighted by Crippen LogP contribution is 2.39. The average molecular weight is 493 g/mol. The fourth-order valence-corrected chi connectivity index (χ4v) is 5.22. The quantitative estimate of drug-likeness (QED) is 0.298. The molecule has 1 aliphatic heterocycles. The molecule has 6 heteroatoms. The average Bonchev–Trinajstić information content (AvgIpc) is 3.08. The summed E-state index contributed by atoms with van der Waals surface area (Å²) in [6.07, 6.45) is 1.76. The van der Waals surface area contributed by atoms with E-state index in [9.17, 15) is 14.7 Å². The maximum absolute atomic E-state index is 13.5. The monoisotopic (exact) mass is 492 g/mol. The molecule has 4 aromatic carbocycles. The molecule has 0 unspecified atom stereocenters. The molecule has 5 rings (SSSR count). The first-order valence-corrected chi connectivity index (χ1v) is 12.4. The Morgan fingerprint density at radius 2 is 1.53 bits per heavy atom. The van der Waals surface area contributed by atoms with E-state index in [1.807, 2.05) is 91.0 Å². The van der Waals surface area contributed by atoms with Crippen LogP contribution in [-0.2, 0) is 4.79 Å². The van der Waals surface area contributed by atoms with Crippen molar-refractivity contribution in [2.75, 3.05) is 16.8 Å². The van der Waals surface area contributed by atoms with Gasteiger partial charge < -0.3 is 15.3 Å².